The lowest BCUT2D eigenvalue weighted by Gasteiger charge is -2.01. The molecule has 0 aliphatic rings. The smallest absolute Gasteiger partial charge is 0.212 e. The molecular weight excluding hydrogens is 200 g/mol. The molecule has 1 heterocycles. The molecule has 0 N–H and O–H groups in total. The summed E-state index contributed by atoms with van der Waals surface area (Å²) in [5.74, 6) is -0.0873. The summed E-state index contributed by atoms with van der Waals surface area (Å²) in [7, 11) is 0. The highest BCUT2D eigenvalue weighted by Gasteiger charge is 2.09. The molecule has 0 amide bonds. The van der Waals surface area contributed by atoms with Crippen LogP contribution in [0.25, 0.3) is 0 Å². The quantitative estimate of drug-likeness (QED) is 0.733. The van der Waals surface area contributed by atoms with E-state index in [-0.39, 0.29) is 5.78 Å². The van der Waals surface area contributed by atoms with Crippen LogP contribution in [0.5, 0.6) is 0 Å². The fraction of sp³-hybridized carbons (Fsp3) is 0.154. The van der Waals surface area contributed by atoms with E-state index in [0.29, 0.717) is 11.3 Å². The molecule has 1 aromatic heterocycles. The van der Waals surface area contributed by atoms with Gasteiger partial charge in [-0.25, -0.2) is 4.98 Å². The van der Waals surface area contributed by atoms with Crippen LogP contribution in [0.2, 0.25) is 0 Å². The molecule has 0 bridgehead atoms. The van der Waals surface area contributed by atoms with Crippen molar-refractivity contribution >= 4 is 5.78 Å². The van der Waals surface area contributed by atoms with E-state index in [9.17, 15) is 4.79 Å². The number of carbonyl (C=O) groups excluding carboxylic acids is 1. The van der Waals surface area contributed by atoms with Crippen molar-refractivity contribution in [3.8, 4) is 0 Å². The number of rotatable bonds is 3. The zero-order valence-corrected chi connectivity index (χ0v) is 9.05. The molecule has 0 saturated carbocycles. The van der Waals surface area contributed by atoms with Crippen LogP contribution in [0, 0.1) is 0 Å². The molecule has 0 aliphatic heterocycles. The van der Waals surface area contributed by atoms with Gasteiger partial charge in [0, 0.05) is 18.0 Å². The summed E-state index contributed by atoms with van der Waals surface area (Å²) < 4.78 is 0. The lowest BCUT2D eigenvalue weighted by atomic mass is 10.1. The number of ketones is 1. The van der Waals surface area contributed by atoms with Gasteiger partial charge in [0.25, 0.3) is 0 Å². The fourth-order valence-corrected chi connectivity index (χ4v) is 1.46. The number of benzene rings is 1. The highest BCUT2D eigenvalue weighted by atomic mass is 16.1. The van der Waals surface area contributed by atoms with E-state index in [1.54, 1.807) is 6.20 Å². The molecule has 0 atom stereocenters. The lowest BCUT2D eigenvalue weighted by molar-refractivity contribution is 0.103. The predicted octanol–water partition coefficient (Wildman–Crippen LogP) is 2.27. The average molecular weight is 212 g/mol. The van der Waals surface area contributed by atoms with Crippen LogP contribution < -0.4 is 0 Å². The number of nitrogens with zero attached hydrogens (tertiary/aromatic N) is 2. The van der Waals surface area contributed by atoms with Gasteiger partial charge in [-0.1, -0.05) is 31.2 Å². The van der Waals surface area contributed by atoms with Crippen molar-refractivity contribution in [1.82, 2.24) is 9.97 Å². The maximum Gasteiger partial charge on any atom is 0.212 e. The Morgan fingerprint density at radius 1 is 1.19 bits per heavy atom. The fourth-order valence-electron chi connectivity index (χ4n) is 1.46. The van der Waals surface area contributed by atoms with E-state index in [4.69, 9.17) is 0 Å². The van der Waals surface area contributed by atoms with Gasteiger partial charge < -0.3 is 0 Å². The third kappa shape index (κ3) is 2.14. The second-order valence-corrected chi connectivity index (χ2v) is 3.47. The van der Waals surface area contributed by atoms with Crippen LogP contribution in [0.3, 0.4) is 0 Å². The summed E-state index contributed by atoms with van der Waals surface area (Å²) in [5, 5.41) is 0. The van der Waals surface area contributed by atoms with Crippen LogP contribution in [0.1, 0.15) is 28.5 Å². The molecule has 0 fully saturated rings. The van der Waals surface area contributed by atoms with Crippen molar-refractivity contribution in [2.75, 3.05) is 0 Å². The summed E-state index contributed by atoms with van der Waals surface area (Å²) in [5.41, 5.74) is 2.25. The molecule has 0 spiro atoms. The Labute approximate surface area is 94.2 Å². The van der Waals surface area contributed by atoms with Crippen molar-refractivity contribution in [2.45, 2.75) is 13.3 Å². The standard InChI is InChI=1S/C13H12N2O/c1-2-10-3-5-11(6-4-10)13(16)12-9-14-7-8-15-12/h3-9H,2H2,1H3. The summed E-state index contributed by atoms with van der Waals surface area (Å²) in [6.07, 6.45) is 5.53. The minimum Gasteiger partial charge on any atom is -0.287 e. The highest BCUT2D eigenvalue weighted by molar-refractivity contribution is 6.07. The summed E-state index contributed by atoms with van der Waals surface area (Å²) in [4.78, 5) is 19.8. The molecule has 2 aromatic rings. The minimum atomic E-state index is -0.0873. The third-order valence-electron chi connectivity index (χ3n) is 2.42. The van der Waals surface area contributed by atoms with E-state index < -0.39 is 0 Å². The van der Waals surface area contributed by atoms with Crippen LogP contribution in [0.15, 0.2) is 42.9 Å². The topological polar surface area (TPSA) is 42.9 Å². The van der Waals surface area contributed by atoms with Gasteiger partial charge in [0.05, 0.1) is 6.20 Å². The Hall–Kier alpha value is -2.03. The van der Waals surface area contributed by atoms with E-state index in [0.717, 1.165) is 6.42 Å². The van der Waals surface area contributed by atoms with Gasteiger partial charge in [0.2, 0.25) is 5.78 Å². The first-order valence-electron chi connectivity index (χ1n) is 5.21. The first-order chi connectivity index (χ1) is 7.81. The van der Waals surface area contributed by atoms with Crippen LogP contribution in [-0.2, 0) is 6.42 Å². The molecule has 16 heavy (non-hydrogen) atoms. The van der Waals surface area contributed by atoms with Crippen molar-refractivity contribution < 1.29 is 4.79 Å². The zero-order chi connectivity index (χ0) is 11.4. The Kier molecular flexibility index (Phi) is 3.05. The molecule has 80 valence electrons. The number of aromatic nitrogens is 2. The van der Waals surface area contributed by atoms with E-state index in [1.807, 2.05) is 24.3 Å². The largest absolute Gasteiger partial charge is 0.287 e. The van der Waals surface area contributed by atoms with E-state index >= 15 is 0 Å². The SMILES string of the molecule is CCc1ccc(C(=O)c2cnccn2)cc1. The molecular formula is C13H12N2O. The summed E-state index contributed by atoms with van der Waals surface area (Å²) >= 11 is 0. The molecule has 3 heteroatoms. The van der Waals surface area contributed by atoms with Crippen LogP contribution >= 0.6 is 0 Å². The first kappa shape index (κ1) is 10.5. The van der Waals surface area contributed by atoms with Crippen molar-refractivity contribution in [3.63, 3.8) is 0 Å². The molecule has 0 saturated heterocycles. The molecule has 1 aromatic carbocycles. The van der Waals surface area contributed by atoms with E-state index in [1.165, 1.54) is 18.0 Å². The lowest BCUT2D eigenvalue weighted by Crippen LogP contribution is -2.04. The maximum absolute atomic E-state index is 11.9. The van der Waals surface area contributed by atoms with Gasteiger partial charge >= 0.3 is 0 Å². The number of hydrogen-bond acceptors (Lipinski definition) is 3. The van der Waals surface area contributed by atoms with Crippen LogP contribution in [0.4, 0.5) is 0 Å². The second kappa shape index (κ2) is 4.66. The molecule has 0 radical (unpaired) electrons. The Bertz CT molecular complexity index is 477. The normalized spacial score (nSPS) is 10.1. The Balaban J connectivity index is 2.28. The van der Waals surface area contributed by atoms with Crippen LogP contribution in [-0.4, -0.2) is 15.8 Å². The zero-order valence-electron chi connectivity index (χ0n) is 9.05. The molecule has 2 rings (SSSR count). The number of aryl methyl sites for hydroxylation is 1. The van der Waals surface area contributed by atoms with Gasteiger partial charge in [-0.15, -0.1) is 0 Å². The van der Waals surface area contributed by atoms with E-state index in [2.05, 4.69) is 16.9 Å². The van der Waals surface area contributed by atoms with Gasteiger partial charge in [-0.3, -0.25) is 9.78 Å². The maximum atomic E-state index is 11.9. The third-order valence-corrected chi connectivity index (χ3v) is 2.42. The molecule has 0 unspecified atom stereocenters. The first-order valence-corrected chi connectivity index (χ1v) is 5.21. The average Bonchev–Trinajstić information content (AvgIpc) is 2.39. The van der Waals surface area contributed by atoms with Crippen molar-refractivity contribution in [1.29, 1.82) is 0 Å². The summed E-state index contributed by atoms with van der Waals surface area (Å²) in [6.45, 7) is 2.08. The monoisotopic (exact) mass is 212 g/mol. The number of hydrogen-bond donors (Lipinski definition) is 0. The van der Waals surface area contributed by atoms with Crippen molar-refractivity contribution in [3.05, 3.63) is 59.7 Å². The molecule has 3 nitrogen and oxygen atoms in total. The van der Waals surface area contributed by atoms with Gasteiger partial charge in [-0.2, -0.15) is 0 Å². The minimum absolute atomic E-state index is 0.0873. The Morgan fingerprint density at radius 2 is 1.94 bits per heavy atom. The highest BCUT2D eigenvalue weighted by Crippen LogP contribution is 2.09. The predicted molar refractivity (Wildman–Crippen MR) is 61.3 cm³/mol. The number of carbonyl (C=O) groups is 1. The van der Waals surface area contributed by atoms with Gasteiger partial charge in [0.1, 0.15) is 5.69 Å². The van der Waals surface area contributed by atoms with Gasteiger partial charge in [-0.05, 0) is 12.0 Å². The summed E-state index contributed by atoms with van der Waals surface area (Å²) in [6, 6.07) is 7.58. The van der Waals surface area contributed by atoms with Gasteiger partial charge in [0.15, 0.2) is 0 Å². The molecule has 0 aliphatic carbocycles. The Morgan fingerprint density at radius 3 is 2.50 bits per heavy atom. The van der Waals surface area contributed by atoms with Crippen molar-refractivity contribution in [2.24, 2.45) is 0 Å². The second-order valence-electron chi connectivity index (χ2n) is 3.47.